The second-order valence-electron chi connectivity index (χ2n) is 2.73. The number of hydrogen-bond donors (Lipinski definition) is 0. The van der Waals surface area contributed by atoms with Gasteiger partial charge < -0.3 is 0 Å². The second-order valence-corrected chi connectivity index (χ2v) is 2.73. The summed E-state index contributed by atoms with van der Waals surface area (Å²) in [7, 11) is 0. The fraction of sp³-hybridized carbons (Fsp3) is 0.833. The van der Waals surface area contributed by atoms with Gasteiger partial charge in [-0.25, -0.2) is 0 Å². The van der Waals surface area contributed by atoms with E-state index in [9.17, 15) is 0 Å². The lowest BCUT2D eigenvalue weighted by Gasteiger charge is -2.33. The summed E-state index contributed by atoms with van der Waals surface area (Å²) in [5.41, 5.74) is 0.597. The van der Waals surface area contributed by atoms with Crippen molar-refractivity contribution in [2.24, 2.45) is 5.41 Å². The van der Waals surface area contributed by atoms with Gasteiger partial charge in [0, 0.05) is 0 Å². The first-order valence-electron chi connectivity index (χ1n) is 2.55. The van der Waals surface area contributed by atoms with Gasteiger partial charge in [0.1, 0.15) is 0 Å². The molecule has 0 aliphatic heterocycles. The molecule has 35 valence electrons. The third kappa shape index (κ3) is 0.562. The lowest BCUT2D eigenvalue weighted by molar-refractivity contribution is 0.295. The Hall–Kier alpha value is 0. The van der Waals surface area contributed by atoms with E-state index in [2.05, 4.69) is 20.3 Å². The number of rotatable bonds is 0. The Morgan fingerprint density at radius 2 is 1.83 bits per heavy atom. The van der Waals surface area contributed by atoms with E-state index in [1.165, 1.54) is 12.8 Å². The maximum atomic E-state index is 2.37. The van der Waals surface area contributed by atoms with Gasteiger partial charge in [0.25, 0.3) is 0 Å². The van der Waals surface area contributed by atoms with Gasteiger partial charge in [0.2, 0.25) is 0 Å². The summed E-state index contributed by atoms with van der Waals surface area (Å²) in [5, 5.41) is 0. The van der Waals surface area contributed by atoms with E-state index in [1.807, 2.05) is 0 Å². The van der Waals surface area contributed by atoms with Gasteiger partial charge in [-0.1, -0.05) is 13.8 Å². The SMILES string of the molecule is CC1(C)[CH]CC1. The topological polar surface area (TPSA) is 0 Å². The molecule has 1 radical (unpaired) electrons. The van der Waals surface area contributed by atoms with Crippen LogP contribution < -0.4 is 0 Å². The molecule has 0 spiro atoms. The van der Waals surface area contributed by atoms with Crippen molar-refractivity contribution in [3.05, 3.63) is 6.42 Å². The molecule has 1 saturated carbocycles. The number of hydrogen-bond acceptors (Lipinski definition) is 0. The van der Waals surface area contributed by atoms with Crippen LogP contribution in [0.25, 0.3) is 0 Å². The summed E-state index contributed by atoms with van der Waals surface area (Å²) in [4.78, 5) is 0. The lowest BCUT2D eigenvalue weighted by Crippen LogP contribution is -2.21. The third-order valence-corrected chi connectivity index (χ3v) is 1.49. The summed E-state index contributed by atoms with van der Waals surface area (Å²) in [6.45, 7) is 4.55. The minimum absolute atomic E-state index is 0.597. The predicted molar refractivity (Wildman–Crippen MR) is 27.3 cm³/mol. The standard InChI is InChI=1S/C6H11/c1-6(2)4-3-5-6/h4H,3,5H2,1-2H3. The van der Waals surface area contributed by atoms with Gasteiger partial charge in [-0.15, -0.1) is 0 Å². The smallest absolute Gasteiger partial charge is 0.0323 e. The van der Waals surface area contributed by atoms with Crippen LogP contribution in [-0.4, -0.2) is 0 Å². The average molecular weight is 83.2 g/mol. The van der Waals surface area contributed by atoms with Crippen molar-refractivity contribution >= 4 is 0 Å². The molecule has 0 heterocycles. The highest BCUT2D eigenvalue weighted by Crippen LogP contribution is 2.37. The van der Waals surface area contributed by atoms with E-state index in [0.717, 1.165) is 0 Å². The van der Waals surface area contributed by atoms with Crippen LogP contribution in [0.1, 0.15) is 26.7 Å². The van der Waals surface area contributed by atoms with E-state index in [1.54, 1.807) is 0 Å². The maximum Gasteiger partial charge on any atom is -0.0323 e. The molecule has 1 aliphatic rings. The van der Waals surface area contributed by atoms with Crippen molar-refractivity contribution in [3.63, 3.8) is 0 Å². The van der Waals surface area contributed by atoms with Crippen molar-refractivity contribution < 1.29 is 0 Å². The minimum Gasteiger partial charge on any atom is -0.0596 e. The Balaban J connectivity index is 2.31. The molecule has 0 aromatic heterocycles. The Bertz CT molecular complexity index is 47.1. The predicted octanol–water partition coefficient (Wildman–Crippen LogP) is 2.01. The van der Waals surface area contributed by atoms with Crippen molar-refractivity contribution in [2.45, 2.75) is 26.7 Å². The zero-order valence-corrected chi connectivity index (χ0v) is 4.49. The molecule has 1 aliphatic carbocycles. The molecule has 0 amide bonds. The van der Waals surface area contributed by atoms with Crippen LogP contribution in [0.2, 0.25) is 0 Å². The van der Waals surface area contributed by atoms with E-state index in [4.69, 9.17) is 0 Å². The molecule has 0 heteroatoms. The largest absolute Gasteiger partial charge is 0.0596 e. The van der Waals surface area contributed by atoms with Crippen molar-refractivity contribution in [1.29, 1.82) is 0 Å². The first-order valence-corrected chi connectivity index (χ1v) is 2.55. The van der Waals surface area contributed by atoms with Crippen LogP contribution in [0, 0.1) is 11.8 Å². The summed E-state index contributed by atoms with van der Waals surface area (Å²) >= 11 is 0. The van der Waals surface area contributed by atoms with Crippen molar-refractivity contribution in [3.8, 4) is 0 Å². The molecule has 0 atom stereocenters. The Morgan fingerprint density at radius 1 is 1.50 bits per heavy atom. The highest BCUT2D eigenvalue weighted by atomic mass is 14.3. The van der Waals surface area contributed by atoms with Crippen LogP contribution in [0.4, 0.5) is 0 Å². The summed E-state index contributed by atoms with van der Waals surface area (Å²) < 4.78 is 0. The van der Waals surface area contributed by atoms with Crippen LogP contribution in [0.3, 0.4) is 0 Å². The van der Waals surface area contributed by atoms with Crippen molar-refractivity contribution in [2.75, 3.05) is 0 Å². The van der Waals surface area contributed by atoms with Gasteiger partial charge in [-0.3, -0.25) is 0 Å². The van der Waals surface area contributed by atoms with Crippen LogP contribution >= 0.6 is 0 Å². The van der Waals surface area contributed by atoms with E-state index in [0.29, 0.717) is 5.41 Å². The van der Waals surface area contributed by atoms with Gasteiger partial charge >= 0.3 is 0 Å². The van der Waals surface area contributed by atoms with Gasteiger partial charge in [-0.05, 0) is 24.7 Å². The summed E-state index contributed by atoms with van der Waals surface area (Å²) in [5.74, 6) is 0. The first kappa shape index (κ1) is 4.17. The van der Waals surface area contributed by atoms with Crippen LogP contribution in [0.5, 0.6) is 0 Å². The fourth-order valence-corrected chi connectivity index (χ4v) is 0.722. The minimum atomic E-state index is 0.597. The summed E-state index contributed by atoms with van der Waals surface area (Å²) in [6.07, 6.45) is 5.10. The first-order chi connectivity index (χ1) is 2.71. The summed E-state index contributed by atoms with van der Waals surface area (Å²) in [6, 6.07) is 0. The average Bonchev–Trinajstić information content (AvgIpc) is 1.32. The monoisotopic (exact) mass is 83.1 g/mol. The van der Waals surface area contributed by atoms with Crippen molar-refractivity contribution in [1.82, 2.24) is 0 Å². The molecule has 0 nitrogen and oxygen atoms in total. The van der Waals surface area contributed by atoms with Gasteiger partial charge in [0.15, 0.2) is 0 Å². The molecule has 1 fully saturated rings. The fourth-order valence-electron chi connectivity index (χ4n) is 0.722. The Labute approximate surface area is 39.6 Å². The van der Waals surface area contributed by atoms with Crippen LogP contribution in [0.15, 0.2) is 0 Å². The van der Waals surface area contributed by atoms with Crippen LogP contribution in [-0.2, 0) is 0 Å². The molecular weight excluding hydrogens is 72.1 g/mol. The molecule has 0 bridgehead atoms. The molecule has 0 aromatic carbocycles. The van der Waals surface area contributed by atoms with Gasteiger partial charge in [-0.2, -0.15) is 0 Å². The van der Waals surface area contributed by atoms with E-state index in [-0.39, 0.29) is 0 Å². The van der Waals surface area contributed by atoms with E-state index < -0.39 is 0 Å². The molecule has 0 aromatic rings. The van der Waals surface area contributed by atoms with Gasteiger partial charge in [0.05, 0.1) is 0 Å². The zero-order chi connectivity index (χ0) is 4.62. The Morgan fingerprint density at radius 3 is 1.83 bits per heavy atom. The zero-order valence-electron chi connectivity index (χ0n) is 4.49. The molecule has 0 saturated heterocycles. The quantitative estimate of drug-likeness (QED) is 0.420. The molecular formula is C6H11. The second kappa shape index (κ2) is 0.988. The Kier molecular flexibility index (Phi) is 0.686. The molecule has 6 heavy (non-hydrogen) atoms. The normalized spacial score (nSPS) is 29.0. The lowest BCUT2D eigenvalue weighted by atomic mass is 9.72. The highest BCUT2D eigenvalue weighted by molar-refractivity contribution is 4.94. The van der Waals surface area contributed by atoms with E-state index >= 15 is 0 Å². The highest BCUT2D eigenvalue weighted by Gasteiger charge is 2.25. The molecule has 0 unspecified atom stereocenters. The molecule has 1 rings (SSSR count). The maximum absolute atomic E-state index is 2.37. The molecule has 0 N–H and O–H groups in total. The third-order valence-electron chi connectivity index (χ3n) is 1.49.